The van der Waals surface area contributed by atoms with Crippen LogP contribution in [0.15, 0.2) is 30.0 Å². The van der Waals surface area contributed by atoms with E-state index in [9.17, 15) is 14.4 Å². The SMILES string of the molecule is CC(=O)c1ccc(NC=C2C(=O)OC(C)(C)OC2=O)c(C(C)(C)C)c1. The van der Waals surface area contributed by atoms with E-state index in [4.69, 9.17) is 9.47 Å². The Morgan fingerprint density at radius 2 is 1.68 bits per heavy atom. The van der Waals surface area contributed by atoms with Crippen molar-refractivity contribution in [1.82, 2.24) is 0 Å². The molecule has 0 radical (unpaired) electrons. The molecule has 0 bridgehead atoms. The summed E-state index contributed by atoms with van der Waals surface area (Å²) in [6, 6.07) is 5.25. The molecule has 1 aliphatic rings. The van der Waals surface area contributed by atoms with Gasteiger partial charge in [-0.1, -0.05) is 20.8 Å². The highest BCUT2D eigenvalue weighted by Crippen LogP contribution is 2.31. The molecule has 0 atom stereocenters. The standard InChI is InChI=1S/C19H23NO5/c1-11(21)12-7-8-15(14(9-12)18(2,3)4)20-10-13-16(22)24-19(5,6)25-17(13)23/h7-10,20H,1-6H3. The Bertz CT molecular complexity index is 747. The third-order valence-electron chi connectivity index (χ3n) is 3.72. The number of hydrogen-bond acceptors (Lipinski definition) is 6. The van der Waals surface area contributed by atoms with Crippen molar-refractivity contribution in [2.24, 2.45) is 0 Å². The molecule has 1 N–H and O–H groups in total. The lowest BCUT2D eigenvalue weighted by Crippen LogP contribution is -2.42. The highest BCUT2D eigenvalue weighted by Gasteiger charge is 2.39. The molecule has 1 fully saturated rings. The maximum Gasteiger partial charge on any atom is 0.350 e. The Labute approximate surface area is 147 Å². The smallest absolute Gasteiger partial charge is 0.350 e. The molecule has 134 valence electrons. The zero-order valence-electron chi connectivity index (χ0n) is 15.4. The number of carbonyl (C=O) groups is 3. The maximum atomic E-state index is 12.0. The predicted octanol–water partition coefficient (Wildman–Crippen LogP) is 3.32. The van der Waals surface area contributed by atoms with E-state index in [0.717, 1.165) is 5.56 Å². The first-order valence-electron chi connectivity index (χ1n) is 7.99. The summed E-state index contributed by atoms with van der Waals surface area (Å²) in [6.07, 6.45) is 1.28. The van der Waals surface area contributed by atoms with Crippen molar-refractivity contribution in [3.8, 4) is 0 Å². The summed E-state index contributed by atoms with van der Waals surface area (Å²) in [4.78, 5) is 35.6. The van der Waals surface area contributed by atoms with Crippen LogP contribution in [0.5, 0.6) is 0 Å². The summed E-state index contributed by atoms with van der Waals surface area (Å²) in [6.45, 7) is 10.5. The number of anilines is 1. The van der Waals surface area contributed by atoms with E-state index < -0.39 is 17.7 Å². The van der Waals surface area contributed by atoms with Gasteiger partial charge in [0.25, 0.3) is 5.79 Å². The van der Waals surface area contributed by atoms with Crippen LogP contribution in [0.3, 0.4) is 0 Å². The van der Waals surface area contributed by atoms with Crippen LogP contribution in [-0.4, -0.2) is 23.5 Å². The largest absolute Gasteiger partial charge is 0.419 e. The normalized spacial score (nSPS) is 16.8. The maximum absolute atomic E-state index is 12.0. The molecule has 1 saturated heterocycles. The third-order valence-corrected chi connectivity index (χ3v) is 3.72. The molecule has 1 aromatic carbocycles. The number of rotatable bonds is 3. The van der Waals surface area contributed by atoms with E-state index in [1.807, 2.05) is 26.8 Å². The van der Waals surface area contributed by atoms with Crippen LogP contribution in [0.4, 0.5) is 5.69 Å². The van der Waals surface area contributed by atoms with Crippen molar-refractivity contribution in [2.45, 2.75) is 52.7 Å². The molecule has 0 saturated carbocycles. The fraction of sp³-hybridized carbons (Fsp3) is 0.421. The number of carbonyl (C=O) groups excluding carboxylic acids is 3. The van der Waals surface area contributed by atoms with E-state index in [1.54, 1.807) is 12.1 Å². The molecule has 0 aromatic heterocycles. The predicted molar refractivity (Wildman–Crippen MR) is 93.1 cm³/mol. The number of hydrogen-bond donors (Lipinski definition) is 1. The van der Waals surface area contributed by atoms with E-state index in [-0.39, 0.29) is 16.8 Å². The van der Waals surface area contributed by atoms with Crippen molar-refractivity contribution in [3.05, 3.63) is 41.1 Å². The number of ether oxygens (including phenoxy) is 2. The molecular formula is C19H23NO5. The van der Waals surface area contributed by atoms with Gasteiger partial charge >= 0.3 is 11.9 Å². The van der Waals surface area contributed by atoms with Crippen LogP contribution < -0.4 is 5.32 Å². The molecule has 25 heavy (non-hydrogen) atoms. The topological polar surface area (TPSA) is 81.7 Å². The molecule has 2 rings (SSSR count). The molecule has 0 aliphatic carbocycles. The zero-order chi connectivity index (χ0) is 19.0. The van der Waals surface area contributed by atoms with Gasteiger partial charge in [0.2, 0.25) is 0 Å². The molecule has 0 spiro atoms. The first-order valence-corrected chi connectivity index (χ1v) is 7.99. The average Bonchev–Trinajstić information content (AvgIpc) is 2.43. The number of esters is 2. The summed E-state index contributed by atoms with van der Waals surface area (Å²) >= 11 is 0. The summed E-state index contributed by atoms with van der Waals surface area (Å²) in [7, 11) is 0. The van der Waals surface area contributed by atoms with Crippen LogP contribution in [-0.2, 0) is 24.5 Å². The zero-order valence-corrected chi connectivity index (χ0v) is 15.4. The molecule has 6 heteroatoms. The highest BCUT2D eigenvalue weighted by atomic mass is 16.7. The molecule has 6 nitrogen and oxygen atoms in total. The lowest BCUT2D eigenvalue weighted by Gasteiger charge is -2.30. The van der Waals surface area contributed by atoms with Gasteiger partial charge in [-0.2, -0.15) is 0 Å². The quantitative estimate of drug-likeness (QED) is 0.392. The first kappa shape index (κ1) is 18.7. The molecule has 1 aliphatic heterocycles. The lowest BCUT2D eigenvalue weighted by molar-refractivity contribution is -0.222. The second kappa shape index (κ2) is 6.35. The summed E-state index contributed by atoms with van der Waals surface area (Å²) in [5.74, 6) is -2.79. The van der Waals surface area contributed by atoms with Gasteiger partial charge in [-0.25, -0.2) is 9.59 Å². The Kier molecular flexibility index (Phi) is 4.75. The fourth-order valence-electron chi connectivity index (χ4n) is 2.44. The summed E-state index contributed by atoms with van der Waals surface area (Å²) in [5.41, 5.74) is 1.71. The van der Waals surface area contributed by atoms with E-state index in [0.29, 0.717) is 11.3 Å². The minimum atomic E-state index is -1.27. The minimum Gasteiger partial charge on any atom is -0.419 e. The van der Waals surface area contributed by atoms with Crippen LogP contribution in [0.2, 0.25) is 0 Å². The van der Waals surface area contributed by atoms with Crippen LogP contribution in [0.1, 0.15) is 57.5 Å². The Morgan fingerprint density at radius 3 is 2.16 bits per heavy atom. The van der Waals surface area contributed by atoms with Gasteiger partial charge in [-0.3, -0.25) is 4.79 Å². The second-order valence-electron chi connectivity index (χ2n) is 7.45. The number of nitrogens with one attached hydrogen (secondary N) is 1. The van der Waals surface area contributed by atoms with Crippen LogP contribution in [0, 0.1) is 0 Å². The van der Waals surface area contributed by atoms with Gasteiger partial charge in [-0.15, -0.1) is 0 Å². The number of ketones is 1. The van der Waals surface area contributed by atoms with Crippen molar-refractivity contribution in [2.75, 3.05) is 5.32 Å². The molecule has 0 unspecified atom stereocenters. The average molecular weight is 345 g/mol. The highest BCUT2D eigenvalue weighted by molar-refractivity contribution is 6.15. The van der Waals surface area contributed by atoms with Gasteiger partial charge in [0.05, 0.1) is 0 Å². The fourth-order valence-corrected chi connectivity index (χ4v) is 2.44. The molecular weight excluding hydrogens is 322 g/mol. The van der Waals surface area contributed by atoms with E-state index in [2.05, 4.69) is 5.32 Å². The van der Waals surface area contributed by atoms with Crippen molar-refractivity contribution < 1.29 is 23.9 Å². The number of Topliss-reactive ketones (excluding diaryl/α,β-unsaturated/α-hetero) is 1. The second-order valence-corrected chi connectivity index (χ2v) is 7.45. The Morgan fingerprint density at radius 1 is 1.12 bits per heavy atom. The molecule has 1 aromatic rings. The Balaban J connectivity index is 2.36. The monoisotopic (exact) mass is 345 g/mol. The van der Waals surface area contributed by atoms with Gasteiger partial charge < -0.3 is 14.8 Å². The van der Waals surface area contributed by atoms with Crippen LogP contribution in [0.25, 0.3) is 0 Å². The summed E-state index contributed by atoms with van der Waals surface area (Å²) in [5, 5.41) is 2.97. The molecule has 1 heterocycles. The third kappa shape index (κ3) is 4.26. The Hall–Kier alpha value is -2.63. The van der Waals surface area contributed by atoms with Gasteiger partial charge in [0.15, 0.2) is 11.4 Å². The number of cyclic esters (lactones) is 2. The molecule has 0 amide bonds. The lowest BCUT2D eigenvalue weighted by atomic mass is 9.84. The first-order chi connectivity index (χ1) is 11.4. The van der Waals surface area contributed by atoms with Crippen molar-refractivity contribution in [1.29, 1.82) is 0 Å². The van der Waals surface area contributed by atoms with Crippen molar-refractivity contribution in [3.63, 3.8) is 0 Å². The number of benzene rings is 1. The minimum absolute atomic E-state index is 0.0305. The van der Waals surface area contributed by atoms with Gasteiger partial charge in [0.1, 0.15) is 0 Å². The van der Waals surface area contributed by atoms with Crippen LogP contribution >= 0.6 is 0 Å². The van der Waals surface area contributed by atoms with Crippen molar-refractivity contribution >= 4 is 23.4 Å². The van der Waals surface area contributed by atoms with E-state index in [1.165, 1.54) is 27.0 Å². The van der Waals surface area contributed by atoms with Gasteiger partial charge in [0, 0.05) is 31.3 Å². The van der Waals surface area contributed by atoms with Gasteiger partial charge in [-0.05, 0) is 36.1 Å². The summed E-state index contributed by atoms with van der Waals surface area (Å²) < 4.78 is 10.1. The van der Waals surface area contributed by atoms with E-state index >= 15 is 0 Å².